The first-order valence-corrected chi connectivity index (χ1v) is 8.42. The standard InChI is InChI=1S/C16H21F6N5O/c1-7(16(20,21)22)23-12-24-11(25-13(26-12)27-14(2,3)4)8-5-6-15(18,19)10(28)9(8)17/h7,10,28H,5-6H2,1-4H3,(H2,23,24,25,26,27)/t7-,10?/m0/s1. The molecule has 12 heteroatoms. The van der Waals surface area contributed by atoms with Gasteiger partial charge in [-0.2, -0.15) is 28.1 Å². The van der Waals surface area contributed by atoms with Crippen LogP contribution in [0.15, 0.2) is 5.83 Å². The van der Waals surface area contributed by atoms with Gasteiger partial charge < -0.3 is 15.7 Å². The van der Waals surface area contributed by atoms with Crippen LogP contribution in [0.3, 0.4) is 0 Å². The van der Waals surface area contributed by atoms with E-state index in [0.717, 1.165) is 6.92 Å². The van der Waals surface area contributed by atoms with Crippen molar-refractivity contribution in [2.24, 2.45) is 0 Å². The largest absolute Gasteiger partial charge is 0.408 e. The molecule has 1 aliphatic carbocycles. The van der Waals surface area contributed by atoms with Gasteiger partial charge in [-0.1, -0.05) is 0 Å². The summed E-state index contributed by atoms with van der Waals surface area (Å²) in [5.74, 6) is -6.27. The van der Waals surface area contributed by atoms with Gasteiger partial charge in [-0.3, -0.25) is 0 Å². The number of halogens is 6. The Bertz CT molecular complexity index is 759. The van der Waals surface area contributed by atoms with Crippen molar-refractivity contribution in [3.63, 3.8) is 0 Å². The van der Waals surface area contributed by atoms with Crippen LogP contribution in [0.25, 0.3) is 5.57 Å². The van der Waals surface area contributed by atoms with Crippen molar-refractivity contribution in [1.82, 2.24) is 15.0 Å². The monoisotopic (exact) mass is 413 g/mol. The average Bonchev–Trinajstić information content (AvgIpc) is 2.50. The molecule has 1 aromatic heterocycles. The molecule has 0 amide bonds. The molecule has 158 valence electrons. The Kier molecular flexibility index (Phi) is 5.84. The first-order chi connectivity index (χ1) is 12.6. The number of aliphatic hydroxyl groups excluding tert-OH is 1. The summed E-state index contributed by atoms with van der Waals surface area (Å²) in [6.45, 7) is 6.02. The minimum Gasteiger partial charge on any atom is -0.380 e. The van der Waals surface area contributed by atoms with Crippen LogP contribution in [-0.4, -0.2) is 49.8 Å². The Morgan fingerprint density at radius 2 is 1.68 bits per heavy atom. The summed E-state index contributed by atoms with van der Waals surface area (Å²) in [6.07, 6.45) is -8.62. The third-order valence-corrected chi connectivity index (χ3v) is 3.87. The Morgan fingerprint density at radius 3 is 2.21 bits per heavy atom. The number of aliphatic hydroxyl groups is 1. The number of nitrogens with one attached hydrogen (secondary N) is 2. The van der Waals surface area contributed by atoms with Crippen LogP contribution < -0.4 is 10.6 Å². The molecule has 1 unspecified atom stereocenters. The van der Waals surface area contributed by atoms with Crippen LogP contribution in [0.1, 0.15) is 46.4 Å². The van der Waals surface area contributed by atoms with E-state index in [9.17, 15) is 31.4 Å². The molecule has 0 aliphatic heterocycles. The van der Waals surface area contributed by atoms with Gasteiger partial charge in [-0.05, 0) is 34.1 Å². The maximum atomic E-state index is 14.3. The Labute approximate surface area is 157 Å². The lowest BCUT2D eigenvalue weighted by atomic mass is 9.92. The molecule has 0 bridgehead atoms. The highest BCUT2D eigenvalue weighted by Gasteiger charge is 2.46. The lowest BCUT2D eigenvalue weighted by Crippen LogP contribution is -2.37. The molecule has 2 rings (SSSR count). The second-order valence-corrected chi connectivity index (χ2v) is 7.58. The molecule has 1 aromatic rings. The van der Waals surface area contributed by atoms with Crippen LogP contribution in [0.2, 0.25) is 0 Å². The maximum absolute atomic E-state index is 14.3. The van der Waals surface area contributed by atoms with Crippen molar-refractivity contribution in [3.05, 3.63) is 11.7 Å². The minimum atomic E-state index is -4.60. The number of alkyl halides is 5. The first kappa shape index (κ1) is 22.2. The number of hydrogen-bond acceptors (Lipinski definition) is 6. The zero-order valence-electron chi connectivity index (χ0n) is 15.6. The fourth-order valence-electron chi connectivity index (χ4n) is 2.36. The van der Waals surface area contributed by atoms with E-state index in [1.54, 1.807) is 20.8 Å². The van der Waals surface area contributed by atoms with Gasteiger partial charge in [-0.25, -0.2) is 13.2 Å². The molecule has 1 aliphatic rings. The summed E-state index contributed by atoms with van der Waals surface area (Å²) >= 11 is 0. The summed E-state index contributed by atoms with van der Waals surface area (Å²) in [7, 11) is 0. The van der Waals surface area contributed by atoms with Crippen LogP contribution in [0.4, 0.5) is 38.2 Å². The van der Waals surface area contributed by atoms with Crippen LogP contribution >= 0.6 is 0 Å². The molecule has 0 saturated carbocycles. The van der Waals surface area contributed by atoms with E-state index in [-0.39, 0.29) is 5.95 Å². The lowest BCUT2D eigenvalue weighted by Gasteiger charge is -2.28. The molecule has 28 heavy (non-hydrogen) atoms. The molecule has 2 atom stereocenters. The van der Waals surface area contributed by atoms with E-state index >= 15 is 0 Å². The van der Waals surface area contributed by atoms with Gasteiger partial charge in [0.15, 0.2) is 11.9 Å². The highest BCUT2D eigenvalue weighted by molar-refractivity contribution is 5.66. The van der Waals surface area contributed by atoms with Crippen molar-refractivity contribution in [1.29, 1.82) is 0 Å². The van der Waals surface area contributed by atoms with Gasteiger partial charge in [0, 0.05) is 17.5 Å². The normalized spacial score (nSPS) is 21.5. The summed E-state index contributed by atoms with van der Waals surface area (Å²) in [6, 6.07) is -2.02. The molecule has 0 radical (unpaired) electrons. The van der Waals surface area contributed by atoms with E-state index in [1.807, 2.05) is 5.32 Å². The second kappa shape index (κ2) is 7.37. The SMILES string of the molecule is C[C@H](Nc1nc(NC(C)(C)C)nc(C2=C(F)C(O)C(F)(F)CC2)n1)C(F)(F)F. The van der Waals surface area contributed by atoms with Crippen molar-refractivity contribution in [3.8, 4) is 0 Å². The third kappa shape index (κ3) is 5.24. The van der Waals surface area contributed by atoms with Crippen LogP contribution in [0.5, 0.6) is 0 Å². The Hall–Kier alpha value is -2.11. The number of rotatable bonds is 4. The fourth-order valence-corrected chi connectivity index (χ4v) is 2.36. The van der Waals surface area contributed by atoms with E-state index in [0.29, 0.717) is 0 Å². The van der Waals surface area contributed by atoms with Gasteiger partial charge >= 0.3 is 6.18 Å². The quantitative estimate of drug-likeness (QED) is 0.650. The molecule has 6 nitrogen and oxygen atoms in total. The zero-order valence-corrected chi connectivity index (χ0v) is 15.6. The van der Waals surface area contributed by atoms with Crippen LogP contribution in [-0.2, 0) is 0 Å². The summed E-state index contributed by atoms with van der Waals surface area (Å²) in [5, 5.41) is 14.3. The Balaban J connectivity index is 2.50. The third-order valence-electron chi connectivity index (χ3n) is 3.87. The highest BCUT2D eigenvalue weighted by Crippen LogP contribution is 2.41. The molecule has 0 spiro atoms. The number of allylic oxidation sites excluding steroid dienone is 1. The van der Waals surface area contributed by atoms with Crippen LogP contribution in [0, 0.1) is 0 Å². The van der Waals surface area contributed by atoms with E-state index in [1.165, 1.54) is 0 Å². The number of aromatic nitrogens is 3. The molecular weight excluding hydrogens is 392 g/mol. The molecule has 3 N–H and O–H groups in total. The Morgan fingerprint density at radius 1 is 1.11 bits per heavy atom. The number of nitrogens with zero attached hydrogens (tertiary/aromatic N) is 3. The summed E-state index contributed by atoms with van der Waals surface area (Å²) in [5.41, 5.74) is -1.00. The van der Waals surface area contributed by atoms with Gasteiger partial charge in [0.25, 0.3) is 5.92 Å². The highest BCUT2D eigenvalue weighted by atomic mass is 19.4. The van der Waals surface area contributed by atoms with Gasteiger partial charge in [0.05, 0.1) is 0 Å². The topological polar surface area (TPSA) is 83.0 Å². The van der Waals surface area contributed by atoms with Crippen molar-refractivity contribution in [2.45, 2.75) is 70.3 Å². The molecular formula is C16H21F6N5O. The lowest BCUT2D eigenvalue weighted by molar-refractivity contribution is -0.138. The molecule has 0 aromatic carbocycles. The predicted octanol–water partition coefficient (Wildman–Crippen LogP) is 3.92. The van der Waals surface area contributed by atoms with E-state index < -0.39 is 65.8 Å². The van der Waals surface area contributed by atoms with E-state index in [2.05, 4.69) is 20.3 Å². The molecule has 0 fully saturated rings. The first-order valence-electron chi connectivity index (χ1n) is 8.42. The number of hydrogen-bond donors (Lipinski definition) is 3. The van der Waals surface area contributed by atoms with Crippen molar-refractivity contribution in [2.75, 3.05) is 10.6 Å². The van der Waals surface area contributed by atoms with Gasteiger partial charge in [-0.15, -0.1) is 0 Å². The minimum absolute atomic E-state index is 0.165. The molecule has 1 heterocycles. The zero-order chi connectivity index (χ0) is 21.5. The maximum Gasteiger partial charge on any atom is 0.408 e. The van der Waals surface area contributed by atoms with E-state index in [4.69, 9.17) is 0 Å². The summed E-state index contributed by atoms with van der Waals surface area (Å²) < 4.78 is 79.8. The second-order valence-electron chi connectivity index (χ2n) is 7.58. The fraction of sp³-hybridized carbons (Fsp3) is 0.688. The number of anilines is 2. The average molecular weight is 413 g/mol. The van der Waals surface area contributed by atoms with Gasteiger partial charge in [0.1, 0.15) is 11.9 Å². The summed E-state index contributed by atoms with van der Waals surface area (Å²) in [4.78, 5) is 11.5. The van der Waals surface area contributed by atoms with Crippen molar-refractivity contribution >= 4 is 17.5 Å². The van der Waals surface area contributed by atoms with Crippen molar-refractivity contribution < 1.29 is 31.4 Å². The molecule has 0 saturated heterocycles. The predicted molar refractivity (Wildman–Crippen MR) is 90.6 cm³/mol. The van der Waals surface area contributed by atoms with Gasteiger partial charge in [0.2, 0.25) is 11.9 Å². The smallest absolute Gasteiger partial charge is 0.380 e.